The van der Waals surface area contributed by atoms with E-state index in [0.29, 0.717) is 17.7 Å². The van der Waals surface area contributed by atoms with Gasteiger partial charge in [0.2, 0.25) is 5.12 Å². The lowest BCUT2D eigenvalue weighted by atomic mass is 9.51. The molecule has 1 saturated heterocycles. The first-order chi connectivity index (χ1) is 14.4. The summed E-state index contributed by atoms with van der Waals surface area (Å²) in [7, 11) is 3.90. The number of hydrogen-bond acceptors (Lipinski definition) is 6. The van der Waals surface area contributed by atoms with E-state index >= 15 is 0 Å². The summed E-state index contributed by atoms with van der Waals surface area (Å²) in [6, 6.07) is 1.94. The van der Waals surface area contributed by atoms with Gasteiger partial charge in [0.25, 0.3) is 0 Å². The minimum Gasteiger partial charge on any atom is -0.504 e. The third-order valence-electron chi connectivity index (χ3n) is 8.19. The van der Waals surface area contributed by atoms with Gasteiger partial charge in [0.1, 0.15) is 11.9 Å². The largest absolute Gasteiger partial charge is 0.504 e. The number of carbonyl (C=O) groups excluding carboxylic acids is 1. The molecule has 0 aromatic heterocycles. The Morgan fingerprint density at radius 1 is 1.44 bits per heavy atom. The van der Waals surface area contributed by atoms with Crippen molar-refractivity contribution in [3.05, 3.63) is 17.2 Å². The van der Waals surface area contributed by atoms with Gasteiger partial charge >= 0.3 is 0 Å². The minimum atomic E-state index is -0.267. The number of carbonyl (C=O) groups is 1. The zero-order chi connectivity index (χ0) is 21.2. The van der Waals surface area contributed by atoms with Crippen molar-refractivity contribution in [2.45, 2.75) is 75.1 Å². The molecule has 9 heteroatoms. The number of hydrogen-bond donors (Lipinski definition) is 3. The van der Waals surface area contributed by atoms with Crippen LogP contribution in [0.15, 0.2) is 6.07 Å². The number of rotatable bonds is 6. The number of thiol groups is 1. The number of piperidine rings is 1. The van der Waals surface area contributed by atoms with Gasteiger partial charge in [-0.1, -0.05) is 13.3 Å². The number of likely N-dealkylation sites (N-methyl/N-ethyl adjacent to an activating group) is 1. The Labute approximate surface area is 208 Å². The van der Waals surface area contributed by atoms with Crippen LogP contribution in [0.4, 0.5) is 0 Å². The molecule has 32 heavy (non-hydrogen) atoms. The Kier molecular flexibility index (Phi) is 7.58. The van der Waals surface area contributed by atoms with Crippen LogP contribution in [0.5, 0.6) is 17.2 Å². The van der Waals surface area contributed by atoms with Gasteiger partial charge < -0.3 is 24.8 Å². The molecule has 1 aromatic carbocycles. The van der Waals surface area contributed by atoms with Gasteiger partial charge in [-0.3, -0.25) is 4.79 Å². The number of phenols is 1. The van der Waals surface area contributed by atoms with Crippen molar-refractivity contribution in [3.8, 4) is 17.2 Å². The van der Waals surface area contributed by atoms with Crippen molar-refractivity contribution in [1.29, 1.82) is 0 Å². The molecule has 6 atom stereocenters. The predicted molar refractivity (Wildman–Crippen MR) is 132 cm³/mol. The molecule has 0 unspecified atom stereocenters. The predicted octanol–water partition coefficient (Wildman–Crippen LogP) is 3.50. The first-order valence-corrected chi connectivity index (χ1v) is 11.7. The maximum atomic E-state index is 12.1. The van der Waals surface area contributed by atoms with Crippen molar-refractivity contribution in [2.24, 2.45) is 5.92 Å². The molecule has 180 valence electrons. The van der Waals surface area contributed by atoms with Crippen LogP contribution >= 0.6 is 37.4 Å². The molecule has 4 aliphatic rings. The molecule has 1 aromatic rings. The van der Waals surface area contributed by atoms with E-state index in [-0.39, 0.29) is 59.3 Å². The van der Waals surface area contributed by atoms with E-state index in [2.05, 4.69) is 36.8 Å². The van der Waals surface area contributed by atoms with E-state index in [9.17, 15) is 9.90 Å². The molecule has 1 saturated carbocycles. The Morgan fingerprint density at radius 2 is 2.19 bits per heavy atom. The molecule has 5 rings (SSSR count). The van der Waals surface area contributed by atoms with Gasteiger partial charge in [0.05, 0.1) is 13.2 Å². The molecule has 2 N–H and O–H groups in total. The maximum Gasteiger partial charge on any atom is 0.202 e. The third kappa shape index (κ3) is 3.50. The number of benzene rings is 1. The van der Waals surface area contributed by atoms with E-state index in [4.69, 9.17) is 9.47 Å². The topological polar surface area (TPSA) is 71.0 Å². The van der Waals surface area contributed by atoms with Crippen molar-refractivity contribution >= 4 is 42.6 Å². The number of ether oxygens (including phenoxy) is 2. The second-order valence-corrected chi connectivity index (χ2v) is 9.94. The van der Waals surface area contributed by atoms with Gasteiger partial charge in [-0.25, -0.2) is 0 Å². The van der Waals surface area contributed by atoms with Crippen molar-refractivity contribution in [2.75, 3.05) is 20.7 Å². The standard InChI is InChI=1S/C23H32N2O4S.2ClH/c1-4-5-15(22(27)30)24-14-7-6-13-16-10-12-18(28-3)11-17(26)20-19(12)23(13,21(14)29-20)8-9-25(16)2;;/h11,13-16,21,24,26H,4-10H2,1-3H3,(H,27,30);2*1H/t13-,14+,15-,16+,21-,23-;;/m0../s1. The normalized spacial score (nSPS) is 32.6. The van der Waals surface area contributed by atoms with Gasteiger partial charge in [0.15, 0.2) is 11.5 Å². The van der Waals surface area contributed by atoms with Crippen LogP contribution < -0.4 is 14.8 Å². The van der Waals surface area contributed by atoms with Crippen molar-refractivity contribution < 1.29 is 19.4 Å². The highest BCUT2D eigenvalue weighted by molar-refractivity contribution is 7.96. The average Bonchev–Trinajstić information content (AvgIpc) is 3.07. The van der Waals surface area contributed by atoms with E-state index in [0.717, 1.165) is 50.8 Å². The lowest BCUT2D eigenvalue weighted by molar-refractivity contribution is -0.114. The highest BCUT2D eigenvalue weighted by Crippen LogP contribution is 2.65. The smallest absolute Gasteiger partial charge is 0.202 e. The van der Waals surface area contributed by atoms with E-state index in [1.165, 1.54) is 11.1 Å². The molecule has 1 spiro atoms. The highest BCUT2D eigenvalue weighted by atomic mass is 35.5. The molecule has 6 nitrogen and oxygen atoms in total. The second-order valence-electron chi connectivity index (χ2n) is 9.50. The molecule has 0 radical (unpaired) electrons. The first kappa shape index (κ1) is 25.8. The molecule has 2 aliphatic carbocycles. The molecule has 2 fully saturated rings. The third-order valence-corrected chi connectivity index (χ3v) is 8.50. The Balaban J connectivity index is 0.00000144. The summed E-state index contributed by atoms with van der Waals surface area (Å²) in [5, 5.41) is 14.3. The summed E-state index contributed by atoms with van der Waals surface area (Å²) >= 11 is 4.14. The van der Waals surface area contributed by atoms with Gasteiger partial charge in [-0.15, -0.1) is 37.4 Å². The number of nitrogens with one attached hydrogen (secondary N) is 1. The minimum absolute atomic E-state index is 0. The number of methoxy groups -OCH3 is 1. The summed E-state index contributed by atoms with van der Waals surface area (Å²) in [5.74, 6) is 2.05. The summed E-state index contributed by atoms with van der Waals surface area (Å²) < 4.78 is 12.3. The number of phenolic OH excluding ortho intramolecular Hbond substituents is 1. The van der Waals surface area contributed by atoms with Crippen molar-refractivity contribution in [3.63, 3.8) is 0 Å². The highest BCUT2D eigenvalue weighted by Gasteiger charge is 2.66. The average molecular weight is 506 g/mol. The van der Waals surface area contributed by atoms with Crippen LogP contribution in [-0.2, 0) is 16.6 Å². The van der Waals surface area contributed by atoms with Crippen molar-refractivity contribution in [1.82, 2.24) is 10.2 Å². The zero-order valence-electron chi connectivity index (χ0n) is 18.8. The molecular weight excluding hydrogens is 471 g/mol. The van der Waals surface area contributed by atoms with Gasteiger partial charge in [0, 0.05) is 34.7 Å². The van der Waals surface area contributed by atoms with E-state index < -0.39 is 0 Å². The van der Waals surface area contributed by atoms with Crippen LogP contribution in [0.1, 0.15) is 50.2 Å². The fourth-order valence-electron chi connectivity index (χ4n) is 6.97. The zero-order valence-corrected chi connectivity index (χ0v) is 21.3. The maximum absolute atomic E-state index is 12.1. The molecular formula is C23H34Cl2N2O4S. The first-order valence-electron chi connectivity index (χ1n) is 11.2. The molecule has 2 aliphatic heterocycles. The summed E-state index contributed by atoms with van der Waals surface area (Å²) in [6.45, 7) is 3.09. The van der Waals surface area contributed by atoms with Crippen LogP contribution in [0, 0.1) is 5.92 Å². The molecule has 0 amide bonds. The lowest BCUT2D eigenvalue weighted by Crippen LogP contribution is -2.68. The number of likely N-dealkylation sites (tertiary alicyclic amines) is 1. The van der Waals surface area contributed by atoms with Crippen LogP contribution in [0.2, 0.25) is 0 Å². The molecule has 2 bridgehead atoms. The van der Waals surface area contributed by atoms with Crippen LogP contribution in [-0.4, -0.2) is 60.1 Å². The summed E-state index contributed by atoms with van der Waals surface area (Å²) in [6.07, 6.45) is 5.57. The summed E-state index contributed by atoms with van der Waals surface area (Å²) in [4.78, 5) is 14.6. The van der Waals surface area contributed by atoms with E-state index in [1.54, 1.807) is 13.2 Å². The van der Waals surface area contributed by atoms with Crippen LogP contribution in [0.3, 0.4) is 0 Å². The second kappa shape index (κ2) is 9.41. The quantitative estimate of drug-likeness (QED) is 0.515. The van der Waals surface area contributed by atoms with Gasteiger partial charge in [-0.2, -0.15) is 0 Å². The number of aromatic hydroxyl groups is 1. The SMILES string of the molecule is CCC[C@H](N[C@@H]1CC[C@H]2[C@H]3Cc4c(OC)cc(O)c5c4[C@@]2(CCN3C)[C@H]1O5)C(=O)S.Cl.Cl. The Hall–Kier alpha value is -0.860. The van der Waals surface area contributed by atoms with E-state index in [1.807, 2.05) is 0 Å². The fourth-order valence-corrected chi connectivity index (χ4v) is 7.17. The summed E-state index contributed by atoms with van der Waals surface area (Å²) in [5.41, 5.74) is 2.23. The monoisotopic (exact) mass is 504 g/mol. The number of nitrogens with zero attached hydrogens (tertiary/aromatic N) is 1. The Morgan fingerprint density at radius 3 is 2.84 bits per heavy atom. The lowest BCUT2D eigenvalue weighted by Gasteiger charge is -2.59. The Bertz CT molecular complexity index is 888. The fraction of sp³-hybridized carbons (Fsp3) is 0.696. The molecule has 2 heterocycles. The number of halogens is 2. The van der Waals surface area contributed by atoms with Crippen LogP contribution in [0.25, 0.3) is 0 Å². The van der Waals surface area contributed by atoms with Gasteiger partial charge in [-0.05, 0) is 51.6 Å².